The van der Waals surface area contributed by atoms with Gasteiger partial charge in [0.2, 0.25) is 0 Å². The van der Waals surface area contributed by atoms with Crippen LogP contribution >= 0.6 is 27.5 Å². The molecule has 0 aromatic heterocycles. The average Bonchev–Trinajstić information content (AvgIpc) is 2.08. The number of nitrogens with two attached hydrogens (primary N) is 1. The van der Waals surface area contributed by atoms with E-state index < -0.39 is 12.7 Å². The second-order valence-corrected chi connectivity index (χ2v) is 3.72. The van der Waals surface area contributed by atoms with Gasteiger partial charge in [-0.05, 0) is 23.8 Å². The molecule has 0 heterocycles. The minimum Gasteiger partial charge on any atom is -0.322 e. The van der Waals surface area contributed by atoms with Crippen molar-refractivity contribution in [1.82, 2.24) is 0 Å². The Labute approximate surface area is 83.8 Å². The number of rotatable bonds is 2. The van der Waals surface area contributed by atoms with Gasteiger partial charge >= 0.3 is 0 Å². The number of alkyl halides is 1. The highest BCUT2D eigenvalue weighted by Gasteiger charge is 2.09. The van der Waals surface area contributed by atoms with Crippen LogP contribution in [0.15, 0.2) is 22.7 Å². The van der Waals surface area contributed by atoms with Gasteiger partial charge in [0.1, 0.15) is 6.67 Å². The maximum Gasteiger partial charge on any atom is 0.109 e. The molecule has 0 aliphatic rings. The van der Waals surface area contributed by atoms with E-state index in [1.807, 2.05) is 0 Å². The first-order chi connectivity index (χ1) is 5.65. The molecule has 0 radical (unpaired) electrons. The first kappa shape index (κ1) is 9.96. The van der Waals surface area contributed by atoms with Gasteiger partial charge in [-0.2, -0.15) is 0 Å². The van der Waals surface area contributed by atoms with Gasteiger partial charge in [-0.1, -0.05) is 27.5 Å². The van der Waals surface area contributed by atoms with Crippen molar-refractivity contribution in [3.05, 3.63) is 33.3 Å². The van der Waals surface area contributed by atoms with E-state index >= 15 is 0 Å². The molecular weight excluding hydrogens is 244 g/mol. The number of hydrogen-bond donors (Lipinski definition) is 1. The molecule has 0 bridgehead atoms. The fraction of sp³-hybridized carbons (Fsp3) is 0.250. The number of hydrogen-bond acceptors (Lipinski definition) is 1. The molecule has 0 aliphatic heterocycles. The summed E-state index contributed by atoms with van der Waals surface area (Å²) in [6.07, 6.45) is 0. The van der Waals surface area contributed by atoms with Gasteiger partial charge < -0.3 is 5.73 Å². The zero-order chi connectivity index (χ0) is 9.14. The van der Waals surface area contributed by atoms with Crippen LogP contribution in [0.1, 0.15) is 11.6 Å². The molecule has 0 amide bonds. The molecule has 0 unspecified atom stereocenters. The molecular formula is C8H8BrClFN. The highest BCUT2D eigenvalue weighted by molar-refractivity contribution is 9.10. The summed E-state index contributed by atoms with van der Waals surface area (Å²) in [5.74, 6) is 0. The minimum absolute atomic E-state index is 0.567. The Bertz CT molecular complexity index is 280. The van der Waals surface area contributed by atoms with Crippen molar-refractivity contribution in [2.24, 2.45) is 5.73 Å². The van der Waals surface area contributed by atoms with Crippen molar-refractivity contribution in [2.75, 3.05) is 6.67 Å². The average molecular weight is 253 g/mol. The summed E-state index contributed by atoms with van der Waals surface area (Å²) in [6.45, 7) is -0.584. The van der Waals surface area contributed by atoms with E-state index in [0.29, 0.717) is 10.6 Å². The third-order valence-electron chi connectivity index (χ3n) is 1.52. The molecule has 0 fully saturated rings. The lowest BCUT2D eigenvalue weighted by molar-refractivity contribution is 0.436. The van der Waals surface area contributed by atoms with Crippen LogP contribution < -0.4 is 5.73 Å². The molecule has 2 N–H and O–H groups in total. The molecule has 0 saturated heterocycles. The van der Waals surface area contributed by atoms with Crippen LogP contribution in [0.25, 0.3) is 0 Å². The molecule has 0 spiro atoms. The van der Waals surface area contributed by atoms with Gasteiger partial charge in [-0.3, -0.25) is 0 Å². The fourth-order valence-electron chi connectivity index (χ4n) is 0.882. The van der Waals surface area contributed by atoms with Gasteiger partial charge in [0.25, 0.3) is 0 Å². The Morgan fingerprint density at radius 1 is 1.58 bits per heavy atom. The van der Waals surface area contributed by atoms with Crippen LogP contribution in [0.2, 0.25) is 5.02 Å². The Morgan fingerprint density at radius 2 is 2.25 bits per heavy atom. The summed E-state index contributed by atoms with van der Waals surface area (Å²) in [7, 11) is 0. The molecule has 0 aliphatic carbocycles. The third-order valence-corrected chi connectivity index (χ3v) is 2.48. The van der Waals surface area contributed by atoms with Crippen LogP contribution in [0, 0.1) is 0 Å². The summed E-state index contributed by atoms with van der Waals surface area (Å²) in [6, 6.07) is 4.54. The SMILES string of the molecule is N[C@H](CF)c1cc(Cl)ccc1Br. The second kappa shape index (κ2) is 4.21. The molecule has 1 nitrogen and oxygen atoms in total. The van der Waals surface area contributed by atoms with Crippen molar-refractivity contribution in [3.8, 4) is 0 Å². The molecule has 1 aromatic rings. The molecule has 0 saturated carbocycles. The quantitative estimate of drug-likeness (QED) is 0.860. The van der Waals surface area contributed by atoms with Crippen molar-refractivity contribution in [1.29, 1.82) is 0 Å². The van der Waals surface area contributed by atoms with Crippen LogP contribution in [-0.2, 0) is 0 Å². The Balaban J connectivity index is 3.04. The van der Waals surface area contributed by atoms with Gasteiger partial charge in [0.15, 0.2) is 0 Å². The van der Waals surface area contributed by atoms with Gasteiger partial charge in [-0.15, -0.1) is 0 Å². The Hall–Kier alpha value is -0.120. The van der Waals surface area contributed by atoms with Crippen molar-refractivity contribution in [3.63, 3.8) is 0 Å². The molecule has 1 aromatic carbocycles. The number of halogens is 3. The topological polar surface area (TPSA) is 26.0 Å². The first-order valence-corrected chi connectivity index (χ1v) is 4.58. The zero-order valence-electron chi connectivity index (χ0n) is 6.23. The smallest absolute Gasteiger partial charge is 0.109 e. The van der Waals surface area contributed by atoms with E-state index in [4.69, 9.17) is 17.3 Å². The predicted molar refractivity (Wildman–Crippen MR) is 52.1 cm³/mol. The van der Waals surface area contributed by atoms with Gasteiger partial charge in [-0.25, -0.2) is 4.39 Å². The predicted octanol–water partition coefficient (Wildman–Crippen LogP) is 3.07. The lowest BCUT2D eigenvalue weighted by Gasteiger charge is -2.09. The van der Waals surface area contributed by atoms with E-state index in [0.717, 1.165) is 4.47 Å². The summed E-state index contributed by atoms with van der Waals surface area (Å²) in [5, 5.41) is 0.567. The molecule has 4 heteroatoms. The summed E-state index contributed by atoms with van der Waals surface area (Å²) >= 11 is 8.99. The van der Waals surface area contributed by atoms with Crippen LogP contribution in [-0.4, -0.2) is 6.67 Å². The van der Waals surface area contributed by atoms with Crippen molar-refractivity contribution < 1.29 is 4.39 Å². The maximum atomic E-state index is 12.2. The molecule has 66 valence electrons. The maximum absolute atomic E-state index is 12.2. The second-order valence-electron chi connectivity index (χ2n) is 2.43. The van der Waals surface area contributed by atoms with E-state index in [1.165, 1.54) is 0 Å². The lowest BCUT2D eigenvalue weighted by Crippen LogP contribution is -2.12. The van der Waals surface area contributed by atoms with E-state index in [9.17, 15) is 4.39 Å². The fourth-order valence-corrected chi connectivity index (χ4v) is 1.60. The molecule has 1 rings (SSSR count). The monoisotopic (exact) mass is 251 g/mol. The molecule has 1 atom stereocenters. The van der Waals surface area contributed by atoms with Crippen molar-refractivity contribution in [2.45, 2.75) is 6.04 Å². The first-order valence-electron chi connectivity index (χ1n) is 3.41. The summed E-state index contributed by atoms with van der Waals surface area (Å²) in [5.41, 5.74) is 6.20. The highest BCUT2D eigenvalue weighted by atomic mass is 79.9. The van der Waals surface area contributed by atoms with Crippen LogP contribution in [0.5, 0.6) is 0 Å². The highest BCUT2D eigenvalue weighted by Crippen LogP contribution is 2.25. The normalized spacial score (nSPS) is 13.0. The van der Waals surface area contributed by atoms with Gasteiger partial charge in [0.05, 0.1) is 6.04 Å². The molecule has 12 heavy (non-hydrogen) atoms. The minimum atomic E-state index is -0.599. The standard InChI is InChI=1S/C8H8BrClFN/c9-7-2-1-5(10)3-6(7)8(12)4-11/h1-3,8H,4,12H2/t8-/m1/s1. The van der Waals surface area contributed by atoms with E-state index in [1.54, 1.807) is 18.2 Å². The lowest BCUT2D eigenvalue weighted by atomic mass is 10.1. The Morgan fingerprint density at radius 3 is 2.83 bits per heavy atom. The van der Waals surface area contributed by atoms with E-state index in [-0.39, 0.29) is 0 Å². The van der Waals surface area contributed by atoms with Crippen LogP contribution in [0.4, 0.5) is 4.39 Å². The summed E-state index contributed by atoms with van der Waals surface area (Å²) < 4.78 is 13.0. The van der Waals surface area contributed by atoms with Crippen LogP contribution in [0.3, 0.4) is 0 Å². The largest absolute Gasteiger partial charge is 0.322 e. The number of benzene rings is 1. The third kappa shape index (κ3) is 2.19. The summed E-state index contributed by atoms with van der Waals surface area (Å²) in [4.78, 5) is 0. The Kier molecular flexibility index (Phi) is 3.50. The van der Waals surface area contributed by atoms with E-state index in [2.05, 4.69) is 15.9 Å². The van der Waals surface area contributed by atoms with Gasteiger partial charge in [0, 0.05) is 9.50 Å². The zero-order valence-corrected chi connectivity index (χ0v) is 8.57. The van der Waals surface area contributed by atoms with Crippen molar-refractivity contribution >= 4 is 27.5 Å².